The van der Waals surface area contributed by atoms with Gasteiger partial charge >= 0.3 is 0 Å². The van der Waals surface area contributed by atoms with Gasteiger partial charge in [-0.05, 0) is 38.6 Å². The van der Waals surface area contributed by atoms with E-state index in [0.717, 1.165) is 19.0 Å². The first-order chi connectivity index (χ1) is 7.33. The zero-order valence-corrected chi connectivity index (χ0v) is 9.67. The van der Waals surface area contributed by atoms with Crippen molar-refractivity contribution in [2.45, 2.75) is 44.6 Å². The highest BCUT2D eigenvalue weighted by molar-refractivity contribution is 5.77. The van der Waals surface area contributed by atoms with Crippen LogP contribution in [0.5, 0.6) is 0 Å². The highest BCUT2D eigenvalue weighted by Crippen LogP contribution is 2.37. The van der Waals surface area contributed by atoms with Crippen molar-refractivity contribution < 1.29 is 4.79 Å². The molecule has 0 aromatic rings. The second kappa shape index (κ2) is 4.97. The van der Waals surface area contributed by atoms with Crippen molar-refractivity contribution in [1.82, 2.24) is 10.2 Å². The van der Waals surface area contributed by atoms with Gasteiger partial charge in [0.15, 0.2) is 0 Å². The second-order valence-corrected chi connectivity index (χ2v) is 4.84. The van der Waals surface area contributed by atoms with Gasteiger partial charge in [-0.2, -0.15) is 0 Å². The Morgan fingerprint density at radius 3 is 2.73 bits per heavy atom. The molecule has 3 heteroatoms. The molecule has 1 saturated carbocycles. The van der Waals surface area contributed by atoms with Gasteiger partial charge in [0.05, 0.1) is 0 Å². The van der Waals surface area contributed by atoms with Crippen LogP contribution in [0, 0.1) is 5.92 Å². The zero-order valence-electron chi connectivity index (χ0n) is 9.67. The molecule has 2 aliphatic rings. The lowest BCUT2D eigenvalue weighted by atomic mass is 9.79. The summed E-state index contributed by atoms with van der Waals surface area (Å²) in [5.74, 6) is 1.18. The van der Waals surface area contributed by atoms with Crippen LogP contribution in [0.2, 0.25) is 0 Å². The molecule has 0 aromatic carbocycles. The molecule has 2 rings (SSSR count). The third-order valence-electron chi connectivity index (χ3n) is 3.90. The van der Waals surface area contributed by atoms with Crippen molar-refractivity contribution >= 4 is 5.91 Å². The van der Waals surface area contributed by atoms with Gasteiger partial charge < -0.3 is 10.2 Å². The number of likely N-dealkylation sites (tertiary alicyclic amines) is 1. The van der Waals surface area contributed by atoms with Crippen molar-refractivity contribution in [3.8, 4) is 0 Å². The fourth-order valence-corrected chi connectivity index (χ4v) is 2.79. The summed E-state index contributed by atoms with van der Waals surface area (Å²) < 4.78 is 0. The molecule has 1 atom stereocenters. The van der Waals surface area contributed by atoms with E-state index >= 15 is 0 Å². The lowest BCUT2D eigenvalue weighted by molar-refractivity contribution is -0.133. The Morgan fingerprint density at radius 1 is 1.33 bits per heavy atom. The van der Waals surface area contributed by atoms with Gasteiger partial charge in [-0.25, -0.2) is 0 Å². The predicted octanol–water partition coefficient (Wildman–Crippen LogP) is 1.39. The molecular formula is C12H22N2O. The molecule has 1 aliphatic carbocycles. The van der Waals surface area contributed by atoms with E-state index in [9.17, 15) is 4.79 Å². The Labute approximate surface area is 92.2 Å². The number of carbonyl (C=O) groups is 1. The smallest absolute Gasteiger partial charge is 0.224 e. The van der Waals surface area contributed by atoms with E-state index in [4.69, 9.17) is 0 Å². The number of nitrogens with zero attached hydrogens (tertiary/aromatic N) is 1. The third kappa shape index (κ3) is 2.33. The van der Waals surface area contributed by atoms with Crippen LogP contribution in [0.15, 0.2) is 0 Å². The Kier molecular flexibility index (Phi) is 3.62. The van der Waals surface area contributed by atoms with Gasteiger partial charge in [-0.3, -0.25) is 4.79 Å². The molecule has 1 heterocycles. The van der Waals surface area contributed by atoms with Crippen molar-refractivity contribution in [3.63, 3.8) is 0 Å². The first kappa shape index (κ1) is 10.9. The van der Waals surface area contributed by atoms with E-state index < -0.39 is 0 Å². The molecule has 86 valence electrons. The quantitative estimate of drug-likeness (QED) is 0.760. The maximum Gasteiger partial charge on any atom is 0.224 e. The van der Waals surface area contributed by atoms with Crippen LogP contribution in [-0.2, 0) is 4.79 Å². The fraction of sp³-hybridized carbons (Fsp3) is 0.917. The summed E-state index contributed by atoms with van der Waals surface area (Å²) in [6.07, 6.45) is 7.20. The molecule has 15 heavy (non-hydrogen) atoms. The molecule has 0 radical (unpaired) electrons. The number of hydrogen-bond donors (Lipinski definition) is 1. The summed E-state index contributed by atoms with van der Waals surface area (Å²) in [4.78, 5) is 14.1. The zero-order chi connectivity index (χ0) is 10.7. The van der Waals surface area contributed by atoms with E-state index in [1.807, 2.05) is 7.05 Å². The standard InChI is InChI=1S/C12H22N2O/c1-13-8-7-12(15)14-9-3-6-11(14)10-4-2-5-10/h10-11,13H,2-9H2,1H3. The summed E-state index contributed by atoms with van der Waals surface area (Å²) >= 11 is 0. The molecule has 0 bridgehead atoms. The van der Waals surface area contributed by atoms with Crippen LogP contribution >= 0.6 is 0 Å². The summed E-state index contributed by atoms with van der Waals surface area (Å²) in [5.41, 5.74) is 0. The van der Waals surface area contributed by atoms with E-state index in [0.29, 0.717) is 18.4 Å². The molecule has 2 fully saturated rings. The second-order valence-electron chi connectivity index (χ2n) is 4.84. The lowest BCUT2D eigenvalue weighted by Gasteiger charge is -2.37. The SMILES string of the molecule is CNCCC(=O)N1CCCC1C1CCC1. The van der Waals surface area contributed by atoms with Crippen molar-refractivity contribution in [3.05, 3.63) is 0 Å². The van der Waals surface area contributed by atoms with Gasteiger partial charge in [0.1, 0.15) is 0 Å². The van der Waals surface area contributed by atoms with Crippen LogP contribution < -0.4 is 5.32 Å². The fourth-order valence-electron chi connectivity index (χ4n) is 2.79. The number of amides is 1. The highest BCUT2D eigenvalue weighted by Gasteiger charge is 2.36. The number of hydrogen-bond acceptors (Lipinski definition) is 2. The van der Waals surface area contributed by atoms with Crippen LogP contribution in [0.3, 0.4) is 0 Å². The van der Waals surface area contributed by atoms with Crippen molar-refractivity contribution in [1.29, 1.82) is 0 Å². The van der Waals surface area contributed by atoms with E-state index in [2.05, 4.69) is 10.2 Å². The summed E-state index contributed by atoms with van der Waals surface area (Å²) in [6, 6.07) is 0.586. The molecule has 1 unspecified atom stereocenters. The highest BCUT2D eigenvalue weighted by atomic mass is 16.2. The van der Waals surface area contributed by atoms with Crippen LogP contribution in [0.4, 0.5) is 0 Å². The minimum Gasteiger partial charge on any atom is -0.339 e. The average molecular weight is 210 g/mol. The Hall–Kier alpha value is -0.570. The van der Waals surface area contributed by atoms with Crippen molar-refractivity contribution in [2.24, 2.45) is 5.92 Å². The number of nitrogens with one attached hydrogen (secondary N) is 1. The first-order valence-corrected chi connectivity index (χ1v) is 6.27. The normalized spacial score (nSPS) is 26.7. The maximum atomic E-state index is 11.9. The van der Waals surface area contributed by atoms with Gasteiger partial charge in [0, 0.05) is 25.6 Å². The molecule has 1 N–H and O–H groups in total. The molecule has 0 aromatic heterocycles. The average Bonchev–Trinajstić information content (AvgIpc) is 2.60. The first-order valence-electron chi connectivity index (χ1n) is 6.27. The Bertz CT molecular complexity index is 226. The monoisotopic (exact) mass is 210 g/mol. The molecule has 1 saturated heterocycles. The van der Waals surface area contributed by atoms with Gasteiger partial charge in [-0.1, -0.05) is 6.42 Å². The summed E-state index contributed by atoms with van der Waals surface area (Å²) in [5, 5.41) is 3.05. The largest absolute Gasteiger partial charge is 0.339 e. The van der Waals surface area contributed by atoms with Crippen molar-refractivity contribution in [2.75, 3.05) is 20.1 Å². The van der Waals surface area contributed by atoms with E-state index in [1.165, 1.54) is 32.1 Å². The van der Waals surface area contributed by atoms with E-state index in [-0.39, 0.29) is 0 Å². The van der Waals surface area contributed by atoms with E-state index in [1.54, 1.807) is 0 Å². The van der Waals surface area contributed by atoms with Gasteiger partial charge in [-0.15, -0.1) is 0 Å². The molecule has 1 amide bonds. The van der Waals surface area contributed by atoms with Crippen LogP contribution in [0.25, 0.3) is 0 Å². The number of rotatable bonds is 4. The molecular weight excluding hydrogens is 188 g/mol. The molecule has 0 spiro atoms. The minimum absolute atomic E-state index is 0.360. The minimum atomic E-state index is 0.360. The predicted molar refractivity (Wildman–Crippen MR) is 60.6 cm³/mol. The third-order valence-corrected chi connectivity index (χ3v) is 3.90. The lowest BCUT2D eigenvalue weighted by Crippen LogP contribution is -2.42. The maximum absolute atomic E-state index is 11.9. The Morgan fingerprint density at radius 2 is 2.13 bits per heavy atom. The Balaban J connectivity index is 1.86. The summed E-state index contributed by atoms with van der Waals surface area (Å²) in [7, 11) is 1.90. The van der Waals surface area contributed by atoms with Gasteiger partial charge in [0.2, 0.25) is 5.91 Å². The summed E-state index contributed by atoms with van der Waals surface area (Å²) in [6.45, 7) is 1.82. The molecule has 3 nitrogen and oxygen atoms in total. The topological polar surface area (TPSA) is 32.3 Å². The molecule has 1 aliphatic heterocycles. The van der Waals surface area contributed by atoms with Crippen LogP contribution in [-0.4, -0.2) is 37.0 Å². The number of carbonyl (C=O) groups excluding carboxylic acids is 1. The van der Waals surface area contributed by atoms with Gasteiger partial charge in [0.25, 0.3) is 0 Å². The van der Waals surface area contributed by atoms with Crippen LogP contribution in [0.1, 0.15) is 38.5 Å².